The van der Waals surface area contributed by atoms with Crippen molar-refractivity contribution in [3.63, 3.8) is 0 Å². The average Bonchev–Trinajstić information content (AvgIpc) is 2.00. The van der Waals surface area contributed by atoms with Crippen LogP contribution in [-0.2, 0) is 14.6 Å². The van der Waals surface area contributed by atoms with Crippen molar-refractivity contribution >= 4 is 9.84 Å². The maximum atomic E-state index is 11.6. The van der Waals surface area contributed by atoms with Crippen LogP contribution >= 0.6 is 0 Å². The number of sulfone groups is 1. The summed E-state index contributed by atoms with van der Waals surface area (Å²) in [5.41, 5.74) is 5.10. The van der Waals surface area contributed by atoms with Gasteiger partial charge in [0, 0.05) is 0 Å². The van der Waals surface area contributed by atoms with Crippen LogP contribution in [0.25, 0.3) is 0 Å². The van der Waals surface area contributed by atoms with E-state index in [2.05, 4.69) is 0 Å². The molecule has 0 amide bonds. The van der Waals surface area contributed by atoms with Gasteiger partial charge < -0.3 is 10.5 Å². The Morgan fingerprint density at radius 3 is 2.27 bits per heavy atom. The van der Waals surface area contributed by atoms with Gasteiger partial charge in [0.15, 0.2) is 9.84 Å². The Morgan fingerprint density at radius 1 is 1.33 bits per heavy atom. The molecule has 0 saturated heterocycles. The van der Waals surface area contributed by atoms with Crippen molar-refractivity contribution in [2.24, 2.45) is 11.7 Å². The largest absolute Gasteiger partial charge is 0.375 e. The third-order valence-electron chi connectivity index (χ3n) is 1.87. The quantitative estimate of drug-likeness (QED) is 0.742. The molecule has 4 nitrogen and oxygen atoms in total. The van der Waals surface area contributed by atoms with Gasteiger partial charge in [-0.1, -0.05) is 6.92 Å². The van der Waals surface area contributed by atoms with E-state index in [0.717, 1.165) is 0 Å². The molecular weight excluding hydrogens is 214 g/mol. The number of nitrogens with two attached hydrogens (primary N) is 1. The highest BCUT2D eigenvalue weighted by atomic mass is 32.2. The normalized spacial score (nSPS) is 15.3. The fourth-order valence-corrected chi connectivity index (χ4v) is 2.57. The maximum absolute atomic E-state index is 11.6. The van der Waals surface area contributed by atoms with Crippen LogP contribution in [0.5, 0.6) is 0 Å². The minimum absolute atomic E-state index is 0.0182. The summed E-state index contributed by atoms with van der Waals surface area (Å²) in [6, 6.07) is 0. The summed E-state index contributed by atoms with van der Waals surface area (Å²) in [5, 5.41) is 0. The van der Waals surface area contributed by atoms with Crippen molar-refractivity contribution in [3.8, 4) is 0 Å². The summed E-state index contributed by atoms with van der Waals surface area (Å²) in [6.45, 7) is 8.21. The predicted molar refractivity (Wildman–Crippen MR) is 62.6 cm³/mol. The van der Waals surface area contributed by atoms with E-state index in [-0.39, 0.29) is 29.6 Å². The SMILES string of the molecule is CC(CN)CS(=O)(=O)CCOC(C)(C)C. The molecule has 5 heteroatoms. The van der Waals surface area contributed by atoms with Crippen LogP contribution in [0.15, 0.2) is 0 Å². The molecule has 1 unspecified atom stereocenters. The lowest BCUT2D eigenvalue weighted by Crippen LogP contribution is -2.27. The zero-order valence-corrected chi connectivity index (χ0v) is 10.9. The summed E-state index contributed by atoms with van der Waals surface area (Å²) < 4.78 is 28.5. The van der Waals surface area contributed by atoms with Gasteiger partial charge in [-0.25, -0.2) is 8.42 Å². The minimum atomic E-state index is -3.02. The molecule has 1 atom stereocenters. The topological polar surface area (TPSA) is 69.4 Å². The molecule has 0 heterocycles. The van der Waals surface area contributed by atoms with Crippen LogP contribution in [0.1, 0.15) is 27.7 Å². The highest BCUT2D eigenvalue weighted by Gasteiger charge is 2.17. The van der Waals surface area contributed by atoms with Gasteiger partial charge in [0.05, 0.1) is 23.7 Å². The second-order valence-electron chi connectivity index (χ2n) is 4.92. The second kappa shape index (κ2) is 5.82. The number of rotatable bonds is 6. The molecule has 92 valence electrons. The molecule has 15 heavy (non-hydrogen) atoms. The third-order valence-corrected chi connectivity index (χ3v) is 3.74. The molecular formula is C10H23NO3S. The Morgan fingerprint density at radius 2 is 1.87 bits per heavy atom. The summed E-state index contributed by atoms with van der Waals surface area (Å²) in [5.74, 6) is 0.246. The molecule has 0 aliphatic rings. The van der Waals surface area contributed by atoms with E-state index in [0.29, 0.717) is 6.54 Å². The van der Waals surface area contributed by atoms with Gasteiger partial charge in [-0.15, -0.1) is 0 Å². The first-order valence-electron chi connectivity index (χ1n) is 5.21. The lowest BCUT2D eigenvalue weighted by atomic mass is 10.2. The lowest BCUT2D eigenvalue weighted by Gasteiger charge is -2.19. The Hall–Kier alpha value is -0.130. The predicted octanol–water partition coefficient (Wildman–Crippen LogP) is 0.811. The molecule has 0 aromatic carbocycles. The fourth-order valence-electron chi connectivity index (χ4n) is 1.06. The van der Waals surface area contributed by atoms with Gasteiger partial charge >= 0.3 is 0 Å². The van der Waals surface area contributed by atoms with E-state index < -0.39 is 9.84 Å². The smallest absolute Gasteiger partial charge is 0.152 e. The molecule has 0 bridgehead atoms. The van der Waals surface area contributed by atoms with Crippen LogP contribution in [0.4, 0.5) is 0 Å². The molecule has 0 aromatic rings. The van der Waals surface area contributed by atoms with Crippen LogP contribution in [0, 0.1) is 5.92 Å². The summed E-state index contributed by atoms with van der Waals surface area (Å²) >= 11 is 0. The van der Waals surface area contributed by atoms with Crippen molar-refractivity contribution in [2.75, 3.05) is 24.7 Å². The molecule has 0 rings (SSSR count). The molecule has 0 radical (unpaired) electrons. The minimum Gasteiger partial charge on any atom is -0.375 e. The maximum Gasteiger partial charge on any atom is 0.152 e. The van der Waals surface area contributed by atoms with Gasteiger partial charge in [-0.2, -0.15) is 0 Å². The average molecular weight is 237 g/mol. The molecule has 0 saturated carbocycles. The Labute approximate surface area is 93.1 Å². The fraction of sp³-hybridized carbons (Fsp3) is 1.00. The van der Waals surface area contributed by atoms with Gasteiger partial charge in [-0.05, 0) is 33.2 Å². The number of ether oxygens (including phenoxy) is 1. The Bertz CT molecular complexity index is 267. The van der Waals surface area contributed by atoms with Gasteiger partial charge in [0.2, 0.25) is 0 Å². The summed E-state index contributed by atoms with van der Waals surface area (Å²) in [6.07, 6.45) is 0. The third kappa shape index (κ3) is 8.84. The first kappa shape index (κ1) is 14.9. The van der Waals surface area contributed by atoms with Crippen molar-refractivity contribution in [1.29, 1.82) is 0 Å². The van der Waals surface area contributed by atoms with Crippen LogP contribution in [-0.4, -0.2) is 38.7 Å². The van der Waals surface area contributed by atoms with E-state index in [4.69, 9.17) is 10.5 Å². The van der Waals surface area contributed by atoms with E-state index in [1.54, 1.807) is 0 Å². The van der Waals surface area contributed by atoms with Crippen LogP contribution in [0.3, 0.4) is 0 Å². The van der Waals surface area contributed by atoms with E-state index >= 15 is 0 Å². The molecule has 0 spiro atoms. The highest BCUT2D eigenvalue weighted by Crippen LogP contribution is 2.07. The zero-order chi connectivity index (χ0) is 12.1. The van der Waals surface area contributed by atoms with E-state index in [1.807, 2.05) is 27.7 Å². The molecule has 0 aromatic heterocycles. The van der Waals surface area contributed by atoms with E-state index in [9.17, 15) is 8.42 Å². The van der Waals surface area contributed by atoms with Crippen molar-refractivity contribution in [2.45, 2.75) is 33.3 Å². The van der Waals surface area contributed by atoms with Crippen LogP contribution in [0.2, 0.25) is 0 Å². The second-order valence-corrected chi connectivity index (χ2v) is 7.14. The van der Waals surface area contributed by atoms with Crippen molar-refractivity contribution in [1.82, 2.24) is 0 Å². The number of hydrogen-bond donors (Lipinski definition) is 1. The van der Waals surface area contributed by atoms with Crippen molar-refractivity contribution < 1.29 is 13.2 Å². The monoisotopic (exact) mass is 237 g/mol. The van der Waals surface area contributed by atoms with Crippen molar-refractivity contribution in [3.05, 3.63) is 0 Å². The first-order chi connectivity index (χ1) is 6.66. The van der Waals surface area contributed by atoms with Gasteiger partial charge in [-0.3, -0.25) is 0 Å². The Kier molecular flexibility index (Phi) is 5.77. The van der Waals surface area contributed by atoms with Gasteiger partial charge in [0.1, 0.15) is 0 Å². The van der Waals surface area contributed by atoms with E-state index in [1.165, 1.54) is 0 Å². The Balaban J connectivity index is 3.96. The summed E-state index contributed by atoms with van der Waals surface area (Å²) in [4.78, 5) is 0. The molecule has 0 aliphatic carbocycles. The molecule has 2 N–H and O–H groups in total. The standard InChI is InChI=1S/C10H23NO3S/c1-9(7-11)8-15(12,13)6-5-14-10(2,3)4/h9H,5-8,11H2,1-4H3. The molecule has 0 fully saturated rings. The zero-order valence-electron chi connectivity index (χ0n) is 10.1. The molecule has 0 aliphatic heterocycles. The van der Waals surface area contributed by atoms with Gasteiger partial charge in [0.25, 0.3) is 0 Å². The number of hydrogen-bond acceptors (Lipinski definition) is 4. The highest BCUT2D eigenvalue weighted by molar-refractivity contribution is 7.91. The lowest BCUT2D eigenvalue weighted by molar-refractivity contribution is 0.00644. The summed E-state index contributed by atoms with van der Waals surface area (Å²) in [7, 11) is -3.02. The first-order valence-corrected chi connectivity index (χ1v) is 7.03. The van der Waals surface area contributed by atoms with Crippen LogP contribution < -0.4 is 5.73 Å².